The van der Waals surface area contributed by atoms with Crippen LogP contribution in [0.3, 0.4) is 0 Å². The zero-order valence-corrected chi connectivity index (χ0v) is 33.9. The van der Waals surface area contributed by atoms with Crippen molar-refractivity contribution in [3.05, 3.63) is 218 Å². The van der Waals surface area contributed by atoms with E-state index >= 15 is 0 Å². The molecule has 0 N–H and O–H groups in total. The van der Waals surface area contributed by atoms with Gasteiger partial charge in [-0.15, -0.1) is 11.3 Å². The number of fused-ring (bicyclic) bond motifs is 6. The highest BCUT2D eigenvalue weighted by atomic mass is 32.1. The number of nitrogens with zero attached hydrogens (tertiary/aromatic N) is 4. The molecule has 9 aromatic carbocycles. The number of hydrogen-bond donors (Lipinski definition) is 0. The quantitative estimate of drug-likeness (QED) is 0.161. The fourth-order valence-corrected chi connectivity index (χ4v) is 9.91. The van der Waals surface area contributed by atoms with Gasteiger partial charge in [0, 0.05) is 53.3 Å². The fourth-order valence-electron chi connectivity index (χ4n) is 8.69. The lowest BCUT2D eigenvalue weighted by Gasteiger charge is -2.14. The molecular formula is C57H36N4S. The minimum absolute atomic E-state index is 0.0159. The van der Waals surface area contributed by atoms with E-state index in [1.807, 2.05) is 60.7 Å². The summed E-state index contributed by atoms with van der Waals surface area (Å²) in [7, 11) is 0. The zero-order chi connectivity index (χ0) is 45.3. The van der Waals surface area contributed by atoms with Crippen molar-refractivity contribution in [3.63, 3.8) is 0 Å². The Kier molecular flexibility index (Phi) is 7.46. The van der Waals surface area contributed by atoms with Gasteiger partial charge in [0.1, 0.15) is 0 Å². The minimum atomic E-state index is -0.486. The van der Waals surface area contributed by atoms with Crippen molar-refractivity contribution >= 4 is 53.3 Å². The lowest BCUT2D eigenvalue weighted by molar-refractivity contribution is 1.07. The third-order valence-electron chi connectivity index (χ3n) is 11.6. The van der Waals surface area contributed by atoms with Crippen molar-refractivity contribution in [2.45, 2.75) is 0 Å². The summed E-state index contributed by atoms with van der Waals surface area (Å²) < 4.78 is 48.0. The Morgan fingerprint density at radius 2 is 0.935 bits per heavy atom. The van der Waals surface area contributed by atoms with Crippen LogP contribution in [0, 0.1) is 0 Å². The lowest BCUT2D eigenvalue weighted by atomic mass is 9.96. The van der Waals surface area contributed by atoms with Crippen LogP contribution in [-0.4, -0.2) is 19.5 Å². The van der Waals surface area contributed by atoms with Gasteiger partial charge in [-0.25, -0.2) is 15.0 Å². The first kappa shape index (κ1) is 31.0. The van der Waals surface area contributed by atoms with Crippen LogP contribution >= 0.6 is 11.3 Å². The van der Waals surface area contributed by atoms with Gasteiger partial charge in [0.05, 0.1) is 17.9 Å². The first-order valence-electron chi connectivity index (χ1n) is 22.9. The second-order valence-electron chi connectivity index (χ2n) is 15.2. The summed E-state index contributed by atoms with van der Waals surface area (Å²) >= 11 is 1.65. The van der Waals surface area contributed by atoms with Gasteiger partial charge in [-0.1, -0.05) is 182 Å². The molecule has 12 rings (SSSR count). The molecule has 0 atom stereocenters. The standard InChI is InChI=1S/C57H36N4S/c1-4-16-37(17-5-1)39-30-32-40(33-31-39)45-26-15-29-52-53(45)48-35-44(61-50-27-12-10-24-46(50)47-25-11-13-28-51(47)61)36-49(54(48)62-52)57-59-55(41-20-8-3-9-21-41)58-56(60-57)43-23-14-22-42(34-43)38-18-6-2-7-19-38/h1-36H/i3D,8D,9D,20D,21D. The van der Waals surface area contributed by atoms with Gasteiger partial charge >= 0.3 is 0 Å². The first-order valence-corrected chi connectivity index (χ1v) is 21.3. The van der Waals surface area contributed by atoms with E-state index in [-0.39, 0.29) is 23.5 Å². The SMILES string of the molecule is [2H]c1c([2H])c([2H])c(-c2nc(-c3cccc(-c4ccccc4)c3)nc(-c3cc(-n4c5ccccc5c5ccccc54)cc4c3sc3cccc(-c5ccc(-c6ccccc6)cc5)c34)n2)c([2H])c1[2H]. The molecule has 290 valence electrons. The third kappa shape index (κ3) is 6.18. The Bertz CT molecular complexity index is 3840. The maximum atomic E-state index is 9.05. The van der Waals surface area contributed by atoms with E-state index in [1.54, 1.807) is 11.3 Å². The van der Waals surface area contributed by atoms with E-state index in [9.17, 15) is 0 Å². The van der Waals surface area contributed by atoms with Gasteiger partial charge < -0.3 is 4.57 Å². The van der Waals surface area contributed by atoms with Crippen LogP contribution < -0.4 is 0 Å². The van der Waals surface area contributed by atoms with E-state index in [0.717, 1.165) is 86.6 Å². The van der Waals surface area contributed by atoms with Crippen molar-refractivity contribution < 1.29 is 6.85 Å². The van der Waals surface area contributed by atoms with Crippen molar-refractivity contribution in [2.24, 2.45) is 0 Å². The normalized spacial score (nSPS) is 12.7. The molecule has 0 unspecified atom stereocenters. The molecule has 0 saturated carbocycles. The summed E-state index contributed by atoms with van der Waals surface area (Å²) in [6.45, 7) is 0. The third-order valence-corrected chi connectivity index (χ3v) is 12.8. The Morgan fingerprint density at radius 1 is 0.387 bits per heavy atom. The number of rotatable bonds is 7. The molecule has 0 aliphatic rings. The number of thiophene rings is 1. The Morgan fingerprint density at radius 3 is 1.65 bits per heavy atom. The van der Waals surface area contributed by atoms with Crippen molar-refractivity contribution in [1.82, 2.24) is 19.5 Å². The molecular weight excluding hydrogens is 773 g/mol. The van der Waals surface area contributed by atoms with Crippen LogP contribution in [0.15, 0.2) is 218 Å². The van der Waals surface area contributed by atoms with Gasteiger partial charge in [-0.05, 0) is 69.8 Å². The van der Waals surface area contributed by atoms with E-state index in [2.05, 4.69) is 132 Å². The molecule has 0 fully saturated rings. The zero-order valence-electron chi connectivity index (χ0n) is 38.1. The highest BCUT2D eigenvalue weighted by molar-refractivity contribution is 7.26. The molecule has 0 spiro atoms. The van der Waals surface area contributed by atoms with Crippen LogP contribution in [0.4, 0.5) is 0 Å². The molecule has 0 aliphatic carbocycles. The average molecular weight is 814 g/mol. The molecule has 0 aliphatic heterocycles. The molecule has 0 bridgehead atoms. The molecule has 0 amide bonds. The Labute approximate surface area is 369 Å². The second kappa shape index (κ2) is 14.9. The van der Waals surface area contributed by atoms with Crippen LogP contribution in [0.25, 0.3) is 115 Å². The van der Waals surface area contributed by atoms with Gasteiger partial charge in [0.15, 0.2) is 17.5 Å². The summed E-state index contributed by atoms with van der Waals surface area (Å²) in [5, 5.41) is 4.35. The van der Waals surface area contributed by atoms with Crippen molar-refractivity contribution in [1.29, 1.82) is 0 Å². The first-order chi connectivity index (χ1) is 32.8. The van der Waals surface area contributed by atoms with Gasteiger partial charge in [0.25, 0.3) is 0 Å². The van der Waals surface area contributed by atoms with E-state index < -0.39 is 18.1 Å². The molecule has 3 heterocycles. The Hall–Kier alpha value is -7.99. The molecule has 62 heavy (non-hydrogen) atoms. The van der Waals surface area contributed by atoms with E-state index in [1.165, 1.54) is 0 Å². The van der Waals surface area contributed by atoms with Crippen LogP contribution in [-0.2, 0) is 0 Å². The van der Waals surface area contributed by atoms with Gasteiger partial charge in [-0.3, -0.25) is 0 Å². The van der Waals surface area contributed by atoms with Crippen LogP contribution in [0.1, 0.15) is 6.85 Å². The largest absolute Gasteiger partial charge is 0.309 e. The minimum Gasteiger partial charge on any atom is -0.309 e. The number of aromatic nitrogens is 4. The van der Waals surface area contributed by atoms with Crippen molar-refractivity contribution in [3.8, 4) is 73.2 Å². The fraction of sp³-hybridized carbons (Fsp3) is 0. The van der Waals surface area contributed by atoms with Crippen LogP contribution in [0.2, 0.25) is 0 Å². The summed E-state index contributed by atoms with van der Waals surface area (Å²) in [4.78, 5) is 15.3. The average Bonchev–Trinajstić information content (AvgIpc) is 3.94. The second-order valence-corrected chi connectivity index (χ2v) is 16.3. The summed E-state index contributed by atoms with van der Waals surface area (Å²) in [6, 6.07) is 62.5. The predicted molar refractivity (Wildman–Crippen MR) is 260 cm³/mol. The molecule has 0 radical (unpaired) electrons. The summed E-state index contributed by atoms with van der Waals surface area (Å²) in [5.74, 6) is 0.600. The molecule has 4 nitrogen and oxygen atoms in total. The van der Waals surface area contributed by atoms with Gasteiger partial charge in [-0.2, -0.15) is 0 Å². The van der Waals surface area contributed by atoms with Crippen molar-refractivity contribution in [2.75, 3.05) is 0 Å². The topological polar surface area (TPSA) is 43.6 Å². The predicted octanol–water partition coefficient (Wildman–Crippen LogP) is 15.3. The van der Waals surface area contributed by atoms with E-state index in [4.69, 9.17) is 21.8 Å². The Balaban J connectivity index is 1.17. The molecule has 0 saturated heterocycles. The molecule has 3 aromatic heterocycles. The molecule has 12 aromatic rings. The number of para-hydroxylation sites is 2. The van der Waals surface area contributed by atoms with E-state index in [0.29, 0.717) is 17.2 Å². The number of hydrogen-bond acceptors (Lipinski definition) is 4. The molecule has 5 heteroatoms. The maximum Gasteiger partial charge on any atom is 0.165 e. The number of benzene rings is 9. The highest BCUT2D eigenvalue weighted by Gasteiger charge is 2.22. The summed E-state index contributed by atoms with van der Waals surface area (Å²) in [6.07, 6.45) is 0. The monoisotopic (exact) mass is 813 g/mol. The van der Waals surface area contributed by atoms with Gasteiger partial charge in [0.2, 0.25) is 0 Å². The highest BCUT2D eigenvalue weighted by Crippen LogP contribution is 2.46. The smallest absolute Gasteiger partial charge is 0.165 e. The lowest BCUT2D eigenvalue weighted by Crippen LogP contribution is -2.01. The maximum absolute atomic E-state index is 9.05. The van der Waals surface area contributed by atoms with Crippen LogP contribution in [0.5, 0.6) is 0 Å². The summed E-state index contributed by atoms with van der Waals surface area (Å²) in [5.41, 5.74) is 10.7.